The van der Waals surface area contributed by atoms with Crippen LogP contribution in [0.4, 0.5) is 4.39 Å². The van der Waals surface area contributed by atoms with Crippen molar-refractivity contribution in [2.75, 3.05) is 13.2 Å². The summed E-state index contributed by atoms with van der Waals surface area (Å²) in [4.78, 5) is 24.4. The van der Waals surface area contributed by atoms with E-state index in [-0.39, 0.29) is 6.42 Å². The molecule has 30 heavy (non-hydrogen) atoms. The number of hydrazine groups is 1. The molecule has 0 radical (unpaired) electrons. The van der Waals surface area contributed by atoms with Crippen LogP contribution in [0.5, 0.6) is 17.2 Å². The first-order valence-electron chi connectivity index (χ1n) is 9.43. The van der Waals surface area contributed by atoms with Crippen LogP contribution in [0.15, 0.2) is 40.9 Å². The van der Waals surface area contributed by atoms with Gasteiger partial charge in [0.1, 0.15) is 11.6 Å². The summed E-state index contributed by atoms with van der Waals surface area (Å²) in [7, 11) is 0. The summed E-state index contributed by atoms with van der Waals surface area (Å²) in [6.07, 6.45) is -0.891. The molecule has 9 heteroatoms. The van der Waals surface area contributed by atoms with Gasteiger partial charge in [-0.2, -0.15) is 0 Å². The molecule has 7 nitrogen and oxygen atoms in total. The Bertz CT molecular complexity index is 876. The number of carbonyl (C=O) groups is 2. The number of nitrogens with one attached hydrogen (secondary N) is 2. The molecule has 162 valence electrons. The molecule has 0 bridgehead atoms. The lowest BCUT2D eigenvalue weighted by Crippen LogP contribution is -2.47. The highest BCUT2D eigenvalue weighted by atomic mass is 79.9. The summed E-state index contributed by atoms with van der Waals surface area (Å²) in [6.45, 7) is 6.18. The maximum absolute atomic E-state index is 12.9. The monoisotopic (exact) mass is 482 g/mol. The van der Waals surface area contributed by atoms with Crippen molar-refractivity contribution in [1.82, 2.24) is 10.9 Å². The first-order valence-corrected chi connectivity index (χ1v) is 10.2. The summed E-state index contributed by atoms with van der Waals surface area (Å²) in [5.74, 6) is 0.0797. The number of halogens is 2. The Kier molecular flexibility index (Phi) is 8.91. The van der Waals surface area contributed by atoms with Crippen molar-refractivity contribution in [3.63, 3.8) is 0 Å². The average Bonchev–Trinajstić information content (AvgIpc) is 2.71. The zero-order valence-electron chi connectivity index (χ0n) is 17.0. The Morgan fingerprint density at radius 3 is 2.23 bits per heavy atom. The van der Waals surface area contributed by atoms with E-state index in [4.69, 9.17) is 14.2 Å². The van der Waals surface area contributed by atoms with Gasteiger partial charge in [-0.15, -0.1) is 0 Å². The lowest BCUT2D eigenvalue weighted by Gasteiger charge is -2.16. The molecule has 0 spiro atoms. The van der Waals surface area contributed by atoms with Gasteiger partial charge in [0.25, 0.3) is 5.91 Å². The van der Waals surface area contributed by atoms with Crippen molar-refractivity contribution in [2.45, 2.75) is 33.3 Å². The summed E-state index contributed by atoms with van der Waals surface area (Å²) < 4.78 is 30.1. The third-order valence-corrected chi connectivity index (χ3v) is 4.62. The lowest BCUT2D eigenvalue weighted by molar-refractivity contribution is -0.132. The van der Waals surface area contributed by atoms with E-state index < -0.39 is 23.7 Å². The highest BCUT2D eigenvalue weighted by molar-refractivity contribution is 9.10. The van der Waals surface area contributed by atoms with E-state index in [1.165, 1.54) is 31.2 Å². The topological polar surface area (TPSA) is 85.9 Å². The van der Waals surface area contributed by atoms with E-state index in [1.54, 1.807) is 12.1 Å². The minimum Gasteiger partial charge on any atom is -0.490 e. The molecule has 2 aromatic rings. The molecule has 0 saturated carbocycles. The fourth-order valence-electron chi connectivity index (χ4n) is 2.47. The summed E-state index contributed by atoms with van der Waals surface area (Å²) in [6, 6.07) is 8.75. The fraction of sp³-hybridized carbons (Fsp3) is 0.333. The molecule has 0 fully saturated rings. The zero-order valence-corrected chi connectivity index (χ0v) is 18.5. The lowest BCUT2D eigenvalue weighted by atomic mass is 10.1. The van der Waals surface area contributed by atoms with Gasteiger partial charge < -0.3 is 14.2 Å². The first-order chi connectivity index (χ1) is 14.3. The van der Waals surface area contributed by atoms with Crippen molar-refractivity contribution in [2.24, 2.45) is 0 Å². The van der Waals surface area contributed by atoms with Gasteiger partial charge in [0.2, 0.25) is 5.91 Å². The van der Waals surface area contributed by atoms with Crippen molar-refractivity contribution in [3.05, 3.63) is 52.3 Å². The number of amides is 2. The number of carbonyl (C=O) groups excluding carboxylic acids is 2. The van der Waals surface area contributed by atoms with Gasteiger partial charge in [-0.05, 0) is 62.7 Å². The average molecular weight is 483 g/mol. The third-order valence-electron chi connectivity index (χ3n) is 3.88. The number of hydrogen-bond acceptors (Lipinski definition) is 5. The van der Waals surface area contributed by atoms with E-state index in [0.29, 0.717) is 40.5 Å². The van der Waals surface area contributed by atoms with Gasteiger partial charge in [0, 0.05) is 4.47 Å². The van der Waals surface area contributed by atoms with E-state index in [1.807, 2.05) is 13.8 Å². The molecular formula is C21H24BrFN2O5. The molecule has 2 N–H and O–H groups in total. The number of benzene rings is 2. The van der Waals surface area contributed by atoms with Crippen molar-refractivity contribution in [3.8, 4) is 17.2 Å². The highest BCUT2D eigenvalue weighted by Gasteiger charge is 2.17. The largest absolute Gasteiger partial charge is 0.490 e. The standard InChI is InChI=1S/C21H24BrFN2O5/c1-4-28-18-10-14(17(22)12-19(18)29-5-2)11-20(26)24-25-21(27)13(3)30-16-8-6-15(23)7-9-16/h6-10,12-13H,4-5,11H2,1-3H3,(H,24,26)(H,25,27). The van der Waals surface area contributed by atoms with Crippen molar-refractivity contribution >= 4 is 27.7 Å². The van der Waals surface area contributed by atoms with E-state index in [2.05, 4.69) is 26.8 Å². The normalized spacial score (nSPS) is 11.4. The minimum absolute atomic E-state index is 0.000539. The molecule has 0 heterocycles. The van der Waals surface area contributed by atoms with Gasteiger partial charge in [0.15, 0.2) is 17.6 Å². The second-order valence-corrected chi connectivity index (χ2v) is 7.04. The Balaban J connectivity index is 1.92. The maximum Gasteiger partial charge on any atom is 0.279 e. The maximum atomic E-state index is 12.9. The molecule has 2 aromatic carbocycles. The molecule has 2 rings (SSSR count). The van der Waals surface area contributed by atoms with Gasteiger partial charge in [-0.1, -0.05) is 15.9 Å². The zero-order chi connectivity index (χ0) is 22.1. The molecule has 0 aliphatic rings. The SMILES string of the molecule is CCOc1cc(Br)c(CC(=O)NNC(=O)C(C)Oc2ccc(F)cc2)cc1OCC. The van der Waals surface area contributed by atoms with Crippen LogP contribution in [0.1, 0.15) is 26.3 Å². The Labute approximate surface area is 183 Å². The number of hydrogen-bond donors (Lipinski definition) is 2. The molecular weight excluding hydrogens is 459 g/mol. The molecule has 0 saturated heterocycles. The number of rotatable bonds is 9. The highest BCUT2D eigenvalue weighted by Crippen LogP contribution is 2.34. The second kappa shape index (κ2) is 11.4. The van der Waals surface area contributed by atoms with Gasteiger partial charge in [-0.25, -0.2) is 4.39 Å². The molecule has 0 aliphatic heterocycles. The van der Waals surface area contributed by atoms with Crippen molar-refractivity contribution in [1.29, 1.82) is 0 Å². The smallest absolute Gasteiger partial charge is 0.279 e. The van der Waals surface area contributed by atoms with Crippen LogP contribution in [-0.4, -0.2) is 31.1 Å². The van der Waals surface area contributed by atoms with E-state index in [0.717, 1.165) is 0 Å². The fourth-order valence-corrected chi connectivity index (χ4v) is 2.93. The predicted molar refractivity (Wildman–Crippen MR) is 113 cm³/mol. The second-order valence-electron chi connectivity index (χ2n) is 6.18. The van der Waals surface area contributed by atoms with Crippen LogP contribution < -0.4 is 25.1 Å². The van der Waals surface area contributed by atoms with Crippen LogP contribution in [0.25, 0.3) is 0 Å². The van der Waals surface area contributed by atoms with Gasteiger partial charge in [0.05, 0.1) is 19.6 Å². The van der Waals surface area contributed by atoms with Crippen LogP contribution in [0, 0.1) is 5.82 Å². The first kappa shape index (κ1) is 23.5. The summed E-state index contributed by atoms with van der Waals surface area (Å²) in [5, 5.41) is 0. The minimum atomic E-state index is -0.891. The Morgan fingerprint density at radius 2 is 1.63 bits per heavy atom. The quantitative estimate of drug-likeness (QED) is 0.533. The number of ether oxygens (including phenoxy) is 3. The van der Waals surface area contributed by atoms with Crippen molar-refractivity contribution < 1.29 is 28.2 Å². The Morgan fingerprint density at radius 1 is 1.03 bits per heavy atom. The van der Waals surface area contributed by atoms with Crippen LogP contribution >= 0.6 is 15.9 Å². The van der Waals surface area contributed by atoms with Gasteiger partial charge >= 0.3 is 0 Å². The molecule has 2 amide bonds. The molecule has 0 aromatic heterocycles. The van der Waals surface area contributed by atoms with Crippen LogP contribution in [0.2, 0.25) is 0 Å². The summed E-state index contributed by atoms with van der Waals surface area (Å²) in [5.41, 5.74) is 5.34. The third kappa shape index (κ3) is 6.91. The summed E-state index contributed by atoms with van der Waals surface area (Å²) >= 11 is 3.43. The van der Waals surface area contributed by atoms with Crippen LogP contribution in [-0.2, 0) is 16.0 Å². The van der Waals surface area contributed by atoms with Gasteiger partial charge in [-0.3, -0.25) is 20.4 Å². The van der Waals surface area contributed by atoms with Crippen LogP contribution in [0.3, 0.4) is 0 Å². The van der Waals surface area contributed by atoms with E-state index in [9.17, 15) is 14.0 Å². The molecule has 0 aliphatic carbocycles. The molecule has 1 atom stereocenters. The predicted octanol–water partition coefficient (Wildman–Crippen LogP) is 3.54. The van der Waals surface area contributed by atoms with E-state index >= 15 is 0 Å². The molecule has 1 unspecified atom stereocenters. The Hall–Kier alpha value is -2.81.